The number of benzene rings is 1. The largest absolute Gasteiger partial charge is 0.493 e. The second-order valence-electron chi connectivity index (χ2n) is 5.40. The molecular weight excluding hydrogens is 252 g/mol. The lowest BCUT2D eigenvalue weighted by Crippen LogP contribution is -2.43. The molecule has 0 bridgehead atoms. The molecule has 1 aromatic carbocycles. The third-order valence-corrected chi connectivity index (χ3v) is 4.19. The Bertz CT molecular complexity index is 403. The number of hydrogen-bond donors (Lipinski definition) is 1. The minimum atomic E-state index is 0.0962. The van der Waals surface area contributed by atoms with Gasteiger partial charge in [-0.2, -0.15) is 0 Å². The summed E-state index contributed by atoms with van der Waals surface area (Å²) in [6.45, 7) is 6.22. The van der Waals surface area contributed by atoms with Gasteiger partial charge in [0, 0.05) is 6.04 Å². The number of likely N-dealkylation sites (tertiary alicyclic amines) is 1. The van der Waals surface area contributed by atoms with Gasteiger partial charge in [0.1, 0.15) is 6.61 Å². The van der Waals surface area contributed by atoms with Gasteiger partial charge in [0.2, 0.25) is 0 Å². The predicted molar refractivity (Wildman–Crippen MR) is 81.3 cm³/mol. The average molecular weight is 278 g/mol. The molecule has 1 saturated heterocycles. The molecule has 4 nitrogen and oxygen atoms in total. The van der Waals surface area contributed by atoms with Crippen molar-refractivity contribution in [1.82, 2.24) is 4.90 Å². The van der Waals surface area contributed by atoms with E-state index in [1.54, 1.807) is 7.11 Å². The quantitative estimate of drug-likeness (QED) is 0.866. The van der Waals surface area contributed by atoms with Crippen LogP contribution in [0.15, 0.2) is 24.3 Å². The van der Waals surface area contributed by atoms with Crippen LogP contribution in [0.2, 0.25) is 0 Å². The lowest BCUT2D eigenvalue weighted by Gasteiger charge is -2.34. The molecule has 0 aliphatic carbocycles. The summed E-state index contributed by atoms with van der Waals surface area (Å²) in [5.74, 6) is 2.10. The summed E-state index contributed by atoms with van der Waals surface area (Å²) in [5, 5.41) is 0. The smallest absolute Gasteiger partial charge is 0.161 e. The molecule has 1 aliphatic rings. The summed E-state index contributed by atoms with van der Waals surface area (Å²) in [5.41, 5.74) is 6.29. The number of ether oxygens (including phenoxy) is 2. The molecule has 20 heavy (non-hydrogen) atoms. The maximum atomic E-state index is 6.29. The van der Waals surface area contributed by atoms with Gasteiger partial charge in [0.05, 0.1) is 7.11 Å². The van der Waals surface area contributed by atoms with Crippen LogP contribution in [0.1, 0.15) is 19.8 Å². The van der Waals surface area contributed by atoms with E-state index < -0.39 is 0 Å². The molecule has 112 valence electrons. The molecule has 0 radical (unpaired) electrons. The second-order valence-corrected chi connectivity index (χ2v) is 5.40. The van der Waals surface area contributed by atoms with Gasteiger partial charge >= 0.3 is 0 Å². The minimum absolute atomic E-state index is 0.0962. The maximum absolute atomic E-state index is 6.29. The van der Waals surface area contributed by atoms with Gasteiger partial charge in [-0.3, -0.25) is 0 Å². The molecule has 0 spiro atoms. The highest BCUT2D eigenvalue weighted by Gasteiger charge is 2.24. The van der Waals surface area contributed by atoms with Crippen LogP contribution < -0.4 is 15.2 Å². The first kappa shape index (κ1) is 15.1. The van der Waals surface area contributed by atoms with Crippen LogP contribution in [-0.2, 0) is 0 Å². The standard InChI is InChI=1S/C16H26N2O2/c1-3-18-10-8-13(9-11-18)14(17)12-20-16-7-5-4-6-15(16)19-2/h4-7,13-14H,3,8-12,17H2,1-2H3. The van der Waals surface area contributed by atoms with Crippen LogP contribution in [0.4, 0.5) is 0 Å². The Morgan fingerprint density at radius 2 is 1.90 bits per heavy atom. The predicted octanol–water partition coefficient (Wildman–Crippen LogP) is 2.13. The third kappa shape index (κ3) is 3.87. The maximum Gasteiger partial charge on any atom is 0.161 e. The normalized spacial score (nSPS) is 18.8. The lowest BCUT2D eigenvalue weighted by atomic mass is 9.90. The Hall–Kier alpha value is -1.26. The molecule has 0 amide bonds. The monoisotopic (exact) mass is 278 g/mol. The number of methoxy groups -OCH3 is 1. The molecule has 1 unspecified atom stereocenters. The van der Waals surface area contributed by atoms with E-state index in [-0.39, 0.29) is 6.04 Å². The van der Waals surface area contributed by atoms with Gasteiger partial charge in [-0.15, -0.1) is 0 Å². The highest BCUT2D eigenvalue weighted by molar-refractivity contribution is 5.39. The number of nitrogens with zero attached hydrogens (tertiary/aromatic N) is 1. The highest BCUT2D eigenvalue weighted by Crippen LogP contribution is 2.27. The number of hydrogen-bond acceptors (Lipinski definition) is 4. The van der Waals surface area contributed by atoms with E-state index >= 15 is 0 Å². The molecule has 1 fully saturated rings. The van der Waals surface area contributed by atoms with E-state index in [1.807, 2.05) is 24.3 Å². The van der Waals surface area contributed by atoms with Gasteiger partial charge < -0.3 is 20.1 Å². The van der Waals surface area contributed by atoms with Crippen molar-refractivity contribution < 1.29 is 9.47 Å². The van der Waals surface area contributed by atoms with E-state index in [1.165, 1.54) is 12.8 Å². The van der Waals surface area contributed by atoms with E-state index in [4.69, 9.17) is 15.2 Å². The molecule has 1 heterocycles. The van der Waals surface area contributed by atoms with Crippen molar-refractivity contribution in [2.45, 2.75) is 25.8 Å². The van der Waals surface area contributed by atoms with Crippen LogP contribution in [0, 0.1) is 5.92 Å². The molecule has 2 N–H and O–H groups in total. The minimum Gasteiger partial charge on any atom is -0.493 e. The van der Waals surface area contributed by atoms with Crippen molar-refractivity contribution in [1.29, 1.82) is 0 Å². The van der Waals surface area contributed by atoms with Crippen molar-refractivity contribution in [3.8, 4) is 11.5 Å². The second kappa shape index (κ2) is 7.50. The Kier molecular flexibility index (Phi) is 5.68. The topological polar surface area (TPSA) is 47.7 Å². The number of rotatable bonds is 6. The van der Waals surface area contributed by atoms with Crippen LogP contribution >= 0.6 is 0 Å². The fourth-order valence-corrected chi connectivity index (χ4v) is 2.76. The summed E-state index contributed by atoms with van der Waals surface area (Å²) in [4.78, 5) is 2.48. The summed E-state index contributed by atoms with van der Waals surface area (Å²) >= 11 is 0. The van der Waals surface area contributed by atoms with E-state index in [0.29, 0.717) is 12.5 Å². The van der Waals surface area contributed by atoms with Gasteiger partial charge in [-0.25, -0.2) is 0 Å². The van der Waals surface area contributed by atoms with Crippen LogP contribution in [0.5, 0.6) is 11.5 Å². The number of piperidine rings is 1. The summed E-state index contributed by atoms with van der Waals surface area (Å²) in [7, 11) is 1.66. The zero-order valence-electron chi connectivity index (χ0n) is 12.5. The van der Waals surface area contributed by atoms with E-state index in [2.05, 4.69) is 11.8 Å². The summed E-state index contributed by atoms with van der Waals surface area (Å²) in [6, 6.07) is 7.81. The molecule has 4 heteroatoms. The first-order valence-corrected chi connectivity index (χ1v) is 7.48. The zero-order valence-corrected chi connectivity index (χ0v) is 12.5. The summed E-state index contributed by atoms with van der Waals surface area (Å²) in [6.07, 6.45) is 2.34. The van der Waals surface area contributed by atoms with Crippen molar-refractivity contribution in [3.05, 3.63) is 24.3 Å². The van der Waals surface area contributed by atoms with Gasteiger partial charge in [0.25, 0.3) is 0 Å². The molecule has 1 atom stereocenters. The van der Waals surface area contributed by atoms with Crippen LogP contribution in [0.25, 0.3) is 0 Å². The van der Waals surface area contributed by atoms with Gasteiger partial charge in [-0.1, -0.05) is 19.1 Å². The molecule has 2 rings (SSSR count). The van der Waals surface area contributed by atoms with Crippen molar-refractivity contribution in [2.24, 2.45) is 11.7 Å². The fraction of sp³-hybridized carbons (Fsp3) is 0.625. The highest BCUT2D eigenvalue weighted by atomic mass is 16.5. The average Bonchev–Trinajstić information content (AvgIpc) is 2.53. The van der Waals surface area contributed by atoms with E-state index in [9.17, 15) is 0 Å². The Labute approximate surface area is 121 Å². The number of para-hydroxylation sites is 2. The molecule has 1 aliphatic heterocycles. The SMILES string of the molecule is CCN1CCC(C(N)COc2ccccc2OC)CC1. The third-order valence-electron chi connectivity index (χ3n) is 4.19. The van der Waals surface area contributed by atoms with Crippen molar-refractivity contribution in [3.63, 3.8) is 0 Å². The zero-order chi connectivity index (χ0) is 14.4. The molecule has 0 aromatic heterocycles. The number of nitrogens with two attached hydrogens (primary N) is 1. The molecular formula is C16H26N2O2. The Morgan fingerprint density at radius 3 is 2.50 bits per heavy atom. The fourth-order valence-electron chi connectivity index (χ4n) is 2.76. The first-order valence-electron chi connectivity index (χ1n) is 7.48. The van der Waals surface area contributed by atoms with Crippen molar-refractivity contribution in [2.75, 3.05) is 33.4 Å². The van der Waals surface area contributed by atoms with Gasteiger partial charge in [-0.05, 0) is 50.5 Å². The first-order chi connectivity index (χ1) is 9.74. The van der Waals surface area contributed by atoms with Crippen LogP contribution in [0.3, 0.4) is 0 Å². The lowest BCUT2D eigenvalue weighted by molar-refractivity contribution is 0.150. The van der Waals surface area contributed by atoms with Crippen molar-refractivity contribution >= 4 is 0 Å². The molecule has 0 saturated carbocycles. The Balaban J connectivity index is 1.82. The molecule has 1 aromatic rings. The van der Waals surface area contributed by atoms with Gasteiger partial charge in [0.15, 0.2) is 11.5 Å². The Morgan fingerprint density at radius 1 is 1.25 bits per heavy atom. The van der Waals surface area contributed by atoms with Crippen LogP contribution in [-0.4, -0.2) is 44.3 Å². The van der Waals surface area contributed by atoms with E-state index in [0.717, 1.165) is 31.1 Å². The summed E-state index contributed by atoms with van der Waals surface area (Å²) < 4.78 is 11.1.